The molecule has 0 spiro atoms. The van der Waals surface area contributed by atoms with Crippen LogP contribution in [0.4, 0.5) is 18.9 Å². The van der Waals surface area contributed by atoms with Gasteiger partial charge in [0.25, 0.3) is 5.78 Å². The van der Waals surface area contributed by atoms with Gasteiger partial charge in [-0.1, -0.05) is 17.7 Å². The van der Waals surface area contributed by atoms with Gasteiger partial charge in [-0.05, 0) is 37.5 Å². The van der Waals surface area contributed by atoms with Gasteiger partial charge in [-0.25, -0.2) is 0 Å². The predicted octanol–water partition coefficient (Wildman–Crippen LogP) is 3.70. The first-order valence-corrected chi connectivity index (χ1v) is 7.69. The van der Waals surface area contributed by atoms with E-state index in [0.717, 1.165) is 6.20 Å². The Morgan fingerprint density at radius 3 is 2.75 bits per heavy atom. The van der Waals surface area contributed by atoms with Gasteiger partial charge in [0.05, 0.1) is 0 Å². The molecule has 1 amide bonds. The quantitative estimate of drug-likeness (QED) is 0.833. The van der Waals surface area contributed by atoms with E-state index >= 15 is 0 Å². The van der Waals surface area contributed by atoms with Gasteiger partial charge in [-0.15, -0.1) is 0 Å². The largest absolute Gasteiger partial charge is 0.454 e. The van der Waals surface area contributed by atoms with Gasteiger partial charge < -0.3 is 10.2 Å². The first-order chi connectivity index (χ1) is 11.2. The molecule has 0 radical (unpaired) electrons. The van der Waals surface area contributed by atoms with Crippen LogP contribution >= 0.6 is 11.6 Å². The second kappa shape index (κ2) is 7.25. The number of benzene rings is 1. The third-order valence-electron chi connectivity index (χ3n) is 3.82. The van der Waals surface area contributed by atoms with E-state index in [1.54, 1.807) is 25.1 Å². The van der Waals surface area contributed by atoms with E-state index in [-0.39, 0.29) is 5.91 Å². The summed E-state index contributed by atoms with van der Waals surface area (Å²) in [6.07, 6.45) is -2.27. The fraction of sp³-hybridized carbons (Fsp3) is 0.375. The monoisotopic (exact) mass is 360 g/mol. The van der Waals surface area contributed by atoms with E-state index < -0.39 is 18.0 Å². The SMILES string of the molecule is Cc1c(Cl)cccc1NC(=O)[C@@H]1CCCN1/C=C/C(=O)C(F)(F)F. The van der Waals surface area contributed by atoms with Gasteiger partial charge in [0.2, 0.25) is 5.91 Å². The summed E-state index contributed by atoms with van der Waals surface area (Å²) >= 11 is 6.00. The molecule has 0 saturated carbocycles. The molecule has 0 aromatic heterocycles. The van der Waals surface area contributed by atoms with Crippen LogP contribution in [0, 0.1) is 6.92 Å². The minimum atomic E-state index is -4.91. The molecule has 8 heteroatoms. The van der Waals surface area contributed by atoms with Crippen LogP contribution in [0.15, 0.2) is 30.5 Å². The summed E-state index contributed by atoms with van der Waals surface area (Å²) in [7, 11) is 0. The van der Waals surface area contributed by atoms with Crippen LogP contribution in [0.1, 0.15) is 18.4 Å². The Labute approximate surface area is 142 Å². The van der Waals surface area contributed by atoms with E-state index in [2.05, 4.69) is 5.32 Å². The molecule has 1 N–H and O–H groups in total. The molecule has 1 fully saturated rings. The minimum Gasteiger partial charge on any atom is -0.365 e. The van der Waals surface area contributed by atoms with E-state index in [1.807, 2.05) is 0 Å². The molecule has 0 aliphatic carbocycles. The molecule has 1 aromatic rings. The van der Waals surface area contributed by atoms with Gasteiger partial charge in [-0.2, -0.15) is 13.2 Å². The maximum atomic E-state index is 12.4. The summed E-state index contributed by atoms with van der Waals surface area (Å²) in [5, 5.41) is 3.24. The maximum absolute atomic E-state index is 12.4. The van der Waals surface area contributed by atoms with E-state index in [1.165, 1.54) is 4.90 Å². The molecule has 130 valence electrons. The van der Waals surface area contributed by atoms with Gasteiger partial charge in [0.1, 0.15) is 6.04 Å². The maximum Gasteiger partial charge on any atom is 0.454 e. The molecule has 2 rings (SSSR count). The number of anilines is 1. The summed E-state index contributed by atoms with van der Waals surface area (Å²) in [6, 6.07) is 4.46. The number of amides is 1. The van der Waals surface area contributed by atoms with Crippen LogP contribution in [0.25, 0.3) is 0 Å². The van der Waals surface area contributed by atoms with Gasteiger partial charge in [0, 0.05) is 29.5 Å². The lowest BCUT2D eigenvalue weighted by Gasteiger charge is -2.22. The van der Waals surface area contributed by atoms with Crippen molar-refractivity contribution in [3.8, 4) is 0 Å². The van der Waals surface area contributed by atoms with Gasteiger partial charge in [-0.3, -0.25) is 9.59 Å². The molecule has 1 aliphatic rings. The average molecular weight is 361 g/mol. The average Bonchev–Trinajstić information content (AvgIpc) is 2.97. The van der Waals surface area contributed by atoms with Crippen molar-refractivity contribution < 1.29 is 22.8 Å². The Bertz CT molecular complexity index is 674. The van der Waals surface area contributed by atoms with Crippen molar-refractivity contribution in [1.29, 1.82) is 0 Å². The van der Waals surface area contributed by atoms with Crippen LogP contribution in [-0.2, 0) is 9.59 Å². The number of allylic oxidation sites excluding steroid dienone is 1. The summed E-state index contributed by atoms with van der Waals surface area (Å²) < 4.78 is 36.7. The highest BCUT2D eigenvalue weighted by Crippen LogP contribution is 2.25. The second-order valence-corrected chi connectivity index (χ2v) is 5.88. The topological polar surface area (TPSA) is 49.4 Å². The third-order valence-corrected chi connectivity index (χ3v) is 4.23. The molecule has 4 nitrogen and oxygen atoms in total. The smallest absolute Gasteiger partial charge is 0.365 e. The van der Waals surface area contributed by atoms with Gasteiger partial charge in [0.15, 0.2) is 0 Å². The number of rotatable bonds is 4. The Morgan fingerprint density at radius 2 is 2.08 bits per heavy atom. The Balaban J connectivity index is 2.07. The van der Waals surface area contributed by atoms with Crippen LogP contribution in [0.2, 0.25) is 5.02 Å². The molecule has 1 saturated heterocycles. The van der Waals surface area contributed by atoms with Crippen LogP contribution < -0.4 is 5.32 Å². The van der Waals surface area contributed by atoms with Crippen molar-refractivity contribution in [3.63, 3.8) is 0 Å². The van der Waals surface area contributed by atoms with Crippen molar-refractivity contribution >= 4 is 29.0 Å². The summed E-state index contributed by atoms with van der Waals surface area (Å²) in [5.41, 5.74) is 1.26. The molecule has 1 atom stereocenters. The number of nitrogens with one attached hydrogen (secondary N) is 1. The first kappa shape index (κ1) is 18.3. The van der Waals surface area contributed by atoms with Gasteiger partial charge >= 0.3 is 6.18 Å². The minimum absolute atomic E-state index is 0.345. The number of ketones is 1. The van der Waals surface area contributed by atoms with E-state index in [4.69, 9.17) is 11.6 Å². The Morgan fingerprint density at radius 1 is 1.38 bits per heavy atom. The fourth-order valence-corrected chi connectivity index (χ4v) is 2.64. The third kappa shape index (κ3) is 4.29. The number of carbonyl (C=O) groups excluding carboxylic acids is 2. The number of carbonyl (C=O) groups is 2. The molecule has 24 heavy (non-hydrogen) atoms. The molecular weight excluding hydrogens is 345 g/mol. The lowest BCUT2D eigenvalue weighted by Crippen LogP contribution is -2.37. The standard InChI is InChI=1S/C16H16ClF3N2O2/c1-10-11(17)4-2-5-12(10)21-15(24)13-6-3-8-22(13)9-7-14(23)16(18,19)20/h2,4-5,7,9,13H,3,6,8H2,1H3,(H,21,24)/b9-7+/t13-/m0/s1. The Kier molecular flexibility index (Phi) is 5.54. The van der Waals surface area contributed by atoms with Crippen LogP contribution in [-0.4, -0.2) is 35.4 Å². The number of halogens is 4. The summed E-state index contributed by atoms with van der Waals surface area (Å²) in [6.45, 7) is 2.17. The zero-order valence-electron chi connectivity index (χ0n) is 12.9. The lowest BCUT2D eigenvalue weighted by atomic mass is 10.1. The molecular formula is C16H16ClF3N2O2. The number of hydrogen-bond donors (Lipinski definition) is 1. The van der Waals surface area contributed by atoms with Crippen molar-refractivity contribution in [2.45, 2.75) is 32.0 Å². The number of nitrogens with zero attached hydrogens (tertiary/aromatic N) is 1. The van der Waals surface area contributed by atoms with Crippen molar-refractivity contribution in [2.24, 2.45) is 0 Å². The van der Waals surface area contributed by atoms with E-state index in [9.17, 15) is 22.8 Å². The molecule has 1 aliphatic heterocycles. The highest BCUT2D eigenvalue weighted by atomic mass is 35.5. The molecule has 1 heterocycles. The Hall–Kier alpha value is -2.02. The van der Waals surface area contributed by atoms with E-state index in [0.29, 0.717) is 41.7 Å². The zero-order chi connectivity index (χ0) is 17.9. The second-order valence-electron chi connectivity index (χ2n) is 5.48. The zero-order valence-corrected chi connectivity index (χ0v) is 13.6. The number of likely N-dealkylation sites (tertiary alicyclic amines) is 1. The van der Waals surface area contributed by atoms with Crippen LogP contribution in [0.5, 0.6) is 0 Å². The summed E-state index contributed by atoms with van der Waals surface area (Å²) in [4.78, 5) is 24.8. The molecule has 1 aromatic carbocycles. The van der Waals surface area contributed by atoms with Crippen molar-refractivity contribution in [3.05, 3.63) is 41.1 Å². The highest BCUT2D eigenvalue weighted by Gasteiger charge is 2.37. The lowest BCUT2D eigenvalue weighted by molar-refractivity contribution is -0.165. The predicted molar refractivity (Wildman–Crippen MR) is 84.7 cm³/mol. The normalized spacial score (nSPS) is 18.2. The van der Waals surface area contributed by atoms with Crippen molar-refractivity contribution in [1.82, 2.24) is 4.90 Å². The fourth-order valence-electron chi connectivity index (χ4n) is 2.47. The van der Waals surface area contributed by atoms with Crippen LogP contribution in [0.3, 0.4) is 0 Å². The van der Waals surface area contributed by atoms with Crippen molar-refractivity contribution in [2.75, 3.05) is 11.9 Å². The highest BCUT2D eigenvalue weighted by molar-refractivity contribution is 6.31. The molecule has 0 unspecified atom stereocenters. The number of hydrogen-bond acceptors (Lipinski definition) is 3. The number of alkyl halides is 3. The summed E-state index contributed by atoms with van der Waals surface area (Å²) in [5.74, 6) is -2.29. The first-order valence-electron chi connectivity index (χ1n) is 7.31. The molecule has 0 bridgehead atoms.